The molecule has 0 atom stereocenters. The van der Waals surface area contributed by atoms with Crippen LogP contribution in [-0.2, 0) is 20.7 Å². The molecular weight excluding hydrogens is 558 g/mol. The average molecular weight is 590 g/mol. The summed E-state index contributed by atoms with van der Waals surface area (Å²) in [6.45, 7) is 6.69. The van der Waals surface area contributed by atoms with Gasteiger partial charge in [-0.3, -0.25) is 9.48 Å². The zero-order valence-corrected chi connectivity index (χ0v) is 24.9. The number of halogens is 1. The van der Waals surface area contributed by atoms with Gasteiger partial charge in [0.2, 0.25) is 0 Å². The number of aromatic nitrogens is 3. The minimum absolute atomic E-state index is 0.0678. The van der Waals surface area contributed by atoms with E-state index in [1.54, 1.807) is 25.2 Å². The number of hydrogen-bond acceptors (Lipinski definition) is 7. The number of fused-ring (bicyclic) bond motifs is 2. The predicted molar refractivity (Wildman–Crippen MR) is 164 cm³/mol. The van der Waals surface area contributed by atoms with Crippen molar-refractivity contribution < 1.29 is 19.4 Å². The average Bonchev–Trinajstić information content (AvgIpc) is 3.57. The van der Waals surface area contributed by atoms with E-state index in [0.29, 0.717) is 11.1 Å². The Kier molecular flexibility index (Phi) is 7.59. The quantitative estimate of drug-likeness (QED) is 0.203. The minimum atomic E-state index is -1.09. The molecule has 0 bridgehead atoms. The smallest absolute Gasteiger partial charge is 0.310 e. The van der Waals surface area contributed by atoms with Gasteiger partial charge in [-0.05, 0) is 86.7 Å². The number of carbonyl (C=O) groups is 1. The van der Waals surface area contributed by atoms with E-state index < -0.39 is 5.60 Å². The van der Waals surface area contributed by atoms with E-state index in [-0.39, 0.29) is 19.0 Å². The lowest BCUT2D eigenvalue weighted by Crippen LogP contribution is -2.28. The van der Waals surface area contributed by atoms with Crippen LogP contribution in [0, 0.1) is 6.92 Å². The highest BCUT2D eigenvalue weighted by Gasteiger charge is 2.23. The summed E-state index contributed by atoms with van der Waals surface area (Å²) in [4.78, 5) is 17.9. The van der Waals surface area contributed by atoms with Crippen LogP contribution >= 0.6 is 22.9 Å². The molecule has 0 spiro atoms. The molecule has 1 saturated heterocycles. The maximum absolute atomic E-state index is 12.9. The van der Waals surface area contributed by atoms with Crippen molar-refractivity contribution in [1.82, 2.24) is 14.8 Å². The summed E-state index contributed by atoms with van der Waals surface area (Å²) in [5, 5.41) is 17.4. The lowest BCUT2D eigenvalue weighted by atomic mass is 9.93. The SMILES string of the molecule is Cc1cc2nc(-c3ccc4c(cnn4C4CCOCC4)c3)sc2c(-c2ccc(Cl)cc2)c1CC(=O)OCC(C)(C)O. The van der Waals surface area contributed by atoms with Crippen LogP contribution in [0.1, 0.15) is 43.9 Å². The highest BCUT2D eigenvalue weighted by molar-refractivity contribution is 7.22. The van der Waals surface area contributed by atoms with Crippen LogP contribution in [-0.4, -0.2) is 51.3 Å². The number of aliphatic hydroxyl groups is 1. The Hall–Kier alpha value is -3.30. The first kappa shape index (κ1) is 27.8. The zero-order valence-electron chi connectivity index (χ0n) is 23.3. The Labute approximate surface area is 247 Å². The van der Waals surface area contributed by atoms with Crippen LogP contribution in [0.15, 0.2) is 54.7 Å². The van der Waals surface area contributed by atoms with Gasteiger partial charge in [0.1, 0.15) is 11.6 Å². The first-order chi connectivity index (χ1) is 19.7. The van der Waals surface area contributed by atoms with Gasteiger partial charge in [-0.15, -0.1) is 11.3 Å². The van der Waals surface area contributed by atoms with Crippen molar-refractivity contribution in [3.63, 3.8) is 0 Å². The highest BCUT2D eigenvalue weighted by atomic mass is 35.5. The van der Waals surface area contributed by atoms with Crippen LogP contribution in [0.25, 0.3) is 42.8 Å². The first-order valence-corrected chi connectivity index (χ1v) is 15.0. The van der Waals surface area contributed by atoms with Gasteiger partial charge in [-0.1, -0.05) is 23.7 Å². The fourth-order valence-electron chi connectivity index (χ4n) is 5.37. The zero-order chi connectivity index (χ0) is 28.7. The van der Waals surface area contributed by atoms with Gasteiger partial charge in [0, 0.05) is 34.7 Å². The minimum Gasteiger partial charge on any atom is -0.462 e. The second kappa shape index (κ2) is 11.2. The fourth-order valence-corrected chi connectivity index (χ4v) is 6.63. The van der Waals surface area contributed by atoms with Crippen molar-refractivity contribution in [3.05, 3.63) is 70.9 Å². The molecule has 0 unspecified atom stereocenters. The molecule has 0 saturated carbocycles. The Morgan fingerprint density at radius 2 is 1.88 bits per heavy atom. The molecule has 0 amide bonds. The highest BCUT2D eigenvalue weighted by Crippen LogP contribution is 2.41. The van der Waals surface area contributed by atoms with Gasteiger partial charge in [0.25, 0.3) is 0 Å². The molecule has 7 nitrogen and oxygen atoms in total. The van der Waals surface area contributed by atoms with Gasteiger partial charge in [-0.2, -0.15) is 5.10 Å². The van der Waals surface area contributed by atoms with Crippen molar-refractivity contribution >= 4 is 50.0 Å². The molecule has 212 valence electrons. The Morgan fingerprint density at radius 1 is 1.15 bits per heavy atom. The van der Waals surface area contributed by atoms with Gasteiger partial charge in [-0.25, -0.2) is 4.98 Å². The Balaban J connectivity index is 1.41. The van der Waals surface area contributed by atoms with Gasteiger partial charge in [0.15, 0.2) is 0 Å². The van der Waals surface area contributed by atoms with E-state index in [1.807, 2.05) is 43.5 Å². The third-order valence-corrected chi connectivity index (χ3v) is 8.82. The van der Waals surface area contributed by atoms with Crippen LogP contribution in [0.5, 0.6) is 0 Å². The van der Waals surface area contributed by atoms with Crippen molar-refractivity contribution in [2.45, 2.75) is 51.7 Å². The molecule has 1 aliphatic rings. The fraction of sp³-hybridized carbons (Fsp3) is 0.344. The van der Waals surface area contributed by atoms with Crippen molar-refractivity contribution in [2.24, 2.45) is 0 Å². The molecule has 1 fully saturated rings. The number of esters is 1. The van der Waals surface area contributed by atoms with Crippen LogP contribution in [0.4, 0.5) is 0 Å². The molecule has 3 aromatic carbocycles. The summed E-state index contributed by atoms with van der Waals surface area (Å²) in [6.07, 6.45) is 3.95. The van der Waals surface area contributed by atoms with Gasteiger partial charge < -0.3 is 14.6 Å². The molecule has 2 aromatic heterocycles. The largest absolute Gasteiger partial charge is 0.462 e. The molecule has 41 heavy (non-hydrogen) atoms. The lowest BCUT2D eigenvalue weighted by molar-refractivity contribution is -0.149. The Bertz CT molecular complexity index is 1730. The summed E-state index contributed by atoms with van der Waals surface area (Å²) in [7, 11) is 0. The molecule has 3 heterocycles. The van der Waals surface area contributed by atoms with Crippen molar-refractivity contribution in [1.29, 1.82) is 0 Å². The van der Waals surface area contributed by atoms with E-state index in [0.717, 1.165) is 80.0 Å². The standard InChI is InChI=1S/C32H32ClN3O4S/c1-19-14-26-30(29(20-4-7-23(33)8-5-20)25(19)16-28(37)40-18-32(2,3)38)41-31(35-26)21-6-9-27-22(15-21)17-34-36(27)24-10-12-39-13-11-24/h4-9,14-15,17,24,38H,10-13,16,18H2,1-3H3. The first-order valence-electron chi connectivity index (χ1n) is 13.8. The van der Waals surface area contributed by atoms with E-state index in [4.69, 9.17) is 31.2 Å². The molecule has 0 radical (unpaired) electrons. The molecule has 0 aliphatic carbocycles. The number of hydrogen-bond donors (Lipinski definition) is 1. The number of thiazole rings is 1. The summed E-state index contributed by atoms with van der Waals surface area (Å²) in [5.41, 5.74) is 5.66. The summed E-state index contributed by atoms with van der Waals surface area (Å²) < 4.78 is 14.1. The number of ether oxygens (including phenoxy) is 2. The van der Waals surface area contributed by atoms with Crippen molar-refractivity contribution in [3.8, 4) is 21.7 Å². The van der Waals surface area contributed by atoms with Gasteiger partial charge >= 0.3 is 5.97 Å². The summed E-state index contributed by atoms with van der Waals surface area (Å²) >= 11 is 7.83. The number of aryl methyl sites for hydroxylation is 1. The van der Waals surface area contributed by atoms with Crippen LogP contribution in [0.2, 0.25) is 5.02 Å². The number of benzene rings is 3. The molecule has 9 heteroatoms. The third kappa shape index (κ3) is 5.88. The third-order valence-electron chi connectivity index (χ3n) is 7.43. The van der Waals surface area contributed by atoms with E-state index in [2.05, 4.69) is 22.9 Å². The topological polar surface area (TPSA) is 86.5 Å². The lowest BCUT2D eigenvalue weighted by Gasteiger charge is -2.23. The van der Waals surface area contributed by atoms with Crippen LogP contribution in [0.3, 0.4) is 0 Å². The van der Waals surface area contributed by atoms with Crippen molar-refractivity contribution in [2.75, 3.05) is 19.8 Å². The normalized spacial score (nSPS) is 14.7. The molecule has 1 aliphatic heterocycles. The number of nitrogens with zero attached hydrogens (tertiary/aromatic N) is 3. The molecule has 1 N–H and O–H groups in total. The summed E-state index contributed by atoms with van der Waals surface area (Å²) in [6, 6.07) is 16.4. The number of carbonyl (C=O) groups excluding carboxylic acids is 1. The summed E-state index contributed by atoms with van der Waals surface area (Å²) in [5.74, 6) is -0.387. The van der Waals surface area contributed by atoms with Gasteiger partial charge in [0.05, 0.1) is 40.0 Å². The molecular formula is C32H32ClN3O4S. The van der Waals surface area contributed by atoms with E-state index >= 15 is 0 Å². The van der Waals surface area contributed by atoms with Crippen LogP contribution < -0.4 is 0 Å². The maximum atomic E-state index is 12.9. The second-order valence-electron chi connectivity index (χ2n) is 11.3. The molecule has 6 rings (SSSR count). The maximum Gasteiger partial charge on any atom is 0.310 e. The van der Waals surface area contributed by atoms with E-state index in [1.165, 1.54) is 0 Å². The Morgan fingerprint density at radius 3 is 2.61 bits per heavy atom. The predicted octanol–water partition coefficient (Wildman–Crippen LogP) is 7.15. The number of rotatable bonds is 7. The molecule has 5 aromatic rings. The van der Waals surface area contributed by atoms with E-state index in [9.17, 15) is 9.90 Å². The second-order valence-corrected chi connectivity index (χ2v) is 12.7. The monoisotopic (exact) mass is 589 g/mol.